The van der Waals surface area contributed by atoms with Gasteiger partial charge in [-0.2, -0.15) is 5.10 Å². The van der Waals surface area contributed by atoms with Crippen LogP contribution in [0.3, 0.4) is 0 Å². The predicted octanol–water partition coefficient (Wildman–Crippen LogP) is 4.42. The number of likely N-dealkylation sites (tertiary alicyclic amines) is 1. The van der Waals surface area contributed by atoms with Crippen LogP contribution in [-0.4, -0.2) is 46.3 Å². The molecule has 0 unspecified atom stereocenters. The van der Waals surface area contributed by atoms with Gasteiger partial charge in [-0.1, -0.05) is 18.2 Å². The molecule has 32 heavy (non-hydrogen) atoms. The molecule has 3 heterocycles. The molecule has 1 aliphatic heterocycles. The van der Waals surface area contributed by atoms with Crippen molar-refractivity contribution in [3.63, 3.8) is 0 Å². The first-order chi connectivity index (χ1) is 15.6. The summed E-state index contributed by atoms with van der Waals surface area (Å²) in [7, 11) is 0. The number of ether oxygens (including phenoxy) is 1. The van der Waals surface area contributed by atoms with Crippen LogP contribution in [-0.2, 0) is 22.4 Å². The van der Waals surface area contributed by atoms with Crippen molar-refractivity contribution in [1.29, 1.82) is 0 Å². The zero-order valence-corrected chi connectivity index (χ0v) is 19.3. The van der Waals surface area contributed by atoms with E-state index >= 15 is 0 Å². The van der Waals surface area contributed by atoms with Crippen molar-refractivity contribution >= 4 is 23.2 Å². The molecular weight excluding hydrogens is 422 g/mol. The number of amides is 1. The maximum atomic E-state index is 13.3. The largest absolute Gasteiger partial charge is 0.466 e. The molecule has 1 aliphatic carbocycles. The lowest BCUT2D eigenvalue weighted by Crippen LogP contribution is -2.42. The van der Waals surface area contributed by atoms with E-state index in [-0.39, 0.29) is 17.8 Å². The first kappa shape index (κ1) is 20.9. The maximum Gasteiger partial charge on any atom is 0.310 e. The SMILES string of the molecule is CCOC(=O)[C@H]1CCCN(C(=O)c2cc3c(s2)-c2c(C)nn(-c4ccccc4)c2CC3)C1. The highest BCUT2D eigenvalue weighted by Gasteiger charge is 2.32. The number of fused-ring (bicyclic) bond motifs is 3. The minimum atomic E-state index is -0.222. The number of rotatable bonds is 4. The Morgan fingerprint density at radius 1 is 1.22 bits per heavy atom. The highest BCUT2D eigenvalue weighted by atomic mass is 32.1. The summed E-state index contributed by atoms with van der Waals surface area (Å²) in [6.45, 7) is 5.36. The summed E-state index contributed by atoms with van der Waals surface area (Å²) < 4.78 is 7.23. The molecule has 7 heteroatoms. The molecule has 2 aliphatic rings. The molecule has 1 aromatic carbocycles. The Morgan fingerprint density at radius 3 is 2.81 bits per heavy atom. The van der Waals surface area contributed by atoms with Crippen LogP contribution in [0.4, 0.5) is 0 Å². The van der Waals surface area contributed by atoms with Crippen LogP contribution in [0.1, 0.15) is 46.4 Å². The molecule has 0 N–H and O–H groups in total. The molecule has 1 fully saturated rings. The monoisotopic (exact) mass is 449 g/mol. The fourth-order valence-electron chi connectivity index (χ4n) is 4.84. The number of hydrogen-bond acceptors (Lipinski definition) is 5. The number of carbonyl (C=O) groups is 2. The normalized spacial score (nSPS) is 17.6. The molecule has 0 radical (unpaired) electrons. The van der Waals surface area contributed by atoms with Gasteiger partial charge in [-0.3, -0.25) is 9.59 Å². The third-order valence-corrected chi connectivity index (χ3v) is 7.55. The highest BCUT2D eigenvalue weighted by Crippen LogP contribution is 2.42. The number of esters is 1. The van der Waals surface area contributed by atoms with E-state index in [1.165, 1.54) is 16.8 Å². The van der Waals surface area contributed by atoms with Crippen molar-refractivity contribution in [2.45, 2.75) is 39.5 Å². The number of aryl methyl sites for hydroxylation is 2. The Labute approximate surface area is 191 Å². The van der Waals surface area contributed by atoms with Gasteiger partial charge in [-0.15, -0.1) is 11.3 Å². The van der Waals surface area contributed by atoms with E-state index in [0.717, 1.165) is 46.8 Å². The van der Waals surface area contributed by atoms with Crippen molar-refractivity contribution in [3.05, 3.63) is 58.2 Å². The molecule has 0 spiro atoms. The Morgan fingerprint density at radius 2 is 2.03 bits per heavy atom. The number of carbonyl (C=O) groups excluding carboxylic acids is 2. The lowest BCUT2D eigenvalue weighted by Gasteiger charge is -2.31. The lowest BCUT2D eigenvalue weighted by molar-refractivity contribution is -0.149. The van der Waals surface area contributed by atoms with E-state index in [4.69, 9.17) is 9.84 Å². The number of para-hydroxylation sites is 1. The van der Waals surface area contributed by atoms with E-state index < -0.39 is 0 Å². The van der Waals surface area contributed by atoms with Gasteiger partial charge in [0.25, 0.3) is 5.91 Å². The molecule has 1 amide bonds. The van der Waals surface area contributed by atoms with Gasteiger partial charge in [-0.05, 0) is 63.3 Å². The van der Waals surface area contributed by atoms with Gasteiger partial charge in [0.2, 0.25) is 0 Å². The number of benzene rings is 1. The number of nitrogens with zero attached hydrogens (tertiary/aromatic N) is 3. The average molecular weight is 450 g/mol. The summed E-state index contributed by atoms with van der Waals surface area (Å²) in [4.78, 5) is 29.3. The standard InChI is InChI=1S/C25H27N3O3S/c1-3-31-25(30)18-8-7-13-27(15-18)24(29)21-14-17-11-12-20-22(23(17)32-21)16(2)26-28(20)19-9-5-4-6-10-19/h4-6,9-10,14,18H,3,7-8,11-13,15H2,1-2H3/t18-/m0/s1. The second kappa shape index (κ2) is 8.54. The first-order valence-electron chi connectivity index (χ1n) is 11.3. The zero-order chi connectivity index (χ0) is 22.2. The van der Waals surface area contributed by atoms with Crippen LogP contribution in [0.2, 0.25) is 0 Å². The topological polar surface area (TPSA) is 64.4 Å². The maximum absolute atomic E-state index is 13.3. The van der Waals surface area contributed by atoms with Gasteiger partial charge in [0.05, 0.1) is 34.5 Å². The van der Waals surface area contributed by atoms with Gasteiger partial charge in [0.15, 0.2) is 0 Å². The van der Waals surface area contributed by atoms with Gasteiger partial charge in [-0.25, -0.2) is 4.68 Å². The van der Waals surface area contributed by atoms with Crippen LogP contribution in [0, 0.1) is 12.8 Å². The summed E-state index contributed by atoms with van der Waals surface area (Å²) in [6.07, 6.45) is 3.41. The number of hydrogen-bond donors (Lipinski definition) is 0. The van der Waals surface area contributed by atoms with Gasteiger partial charge < -0.3 is 9.64 Å². The van der Waals surface area contributed by atoms with E-state index in [0.29, 0.717) is 19.7 Å². The zero-order valence-electron chi connectivity index (χ0n) is 18.5. The van der Waals surface area contributed by atoms with Crippen molar-refractivity contribution in [2.75, 3.05) is 19.7 Å². The predicted molar refractivity (Wildman–Crippen MR) is 124 cm³/mol. The molecule has 0 saturated carbocycles. The highest BCUT2D eigenvalue weighted by molar-refractivity contribution is 7.17. The van der Waals surface area contributed by atoms with Crippen LogP contribution in [0.25, 0.3) is 16.1 Å². The third kappa shape index (κ3) is 3.64. The molecular formula is C25H27N3O3S. The van der Waals surface area contributed by atoms with Crippen LogP contribution in [0.15, 0.2) is 36.4 Å². The third-order valence-electron chi connectivity index (χ3n) is 6.36. The second-order valence-corrected chi connectivity index (χ2v) is 9.51. The summed E-state index contributed by atoms with van der Waals surface area (Å²) in [6, 6.07) is 12.3. The minimum Gasteiger partial charge on any atom is -0.466 e. The number of aromatic nitrogens is 2. The molecule has 1 atom stereocenters. The van der Waals surface area contributed by atoms with E-state index in [1.807, 2.05) is 41.6 Å². The number of piperidine rings is 1. The quantitative estimate of drug-likeness (QED) is 0.553. The molecule has 1 saturated heterocycles. The summed E-state index contributed by atoms with van der Waals surface area (Å²) in [5, 5.41) is 4.83. The molecule has 166 valence electrons. The van der Waals surface area contributed by atoms with Gasteiger partial charge in [0, 0.05) is 23.5 Å². The Kier molecular flexibility index (Phi) is 5.59. The lowest BCUT2D eigenvalue weighted by atomic mass is 9.95. The van der Waals surface area contributed by atoms with Crippen molar-refractivity contribution in [2.24, 2.45) is 5.92 Å². The Bertz CT molecular complexity index is 1160. The first-order valence-corrected chi connectivity index (χ1v) is 12.1. The van der Waals surface area contributed by atoms with E-state index in [2.05, 4.69) is 18.2 Å². The fraction of sp³-hybridized carbons (Fsp3) is 0.400. The second-order valence-electron chi connectivity index (χ2n) is 8.46. The van der Waals surface area contributed by atoms with Crippen LogP contribution < -0.4 is 0 Å². The summed E-state index contributed by atoms with van der Waals surface area (Å²) >= 11 is 1.56. The molecule has 2 aromatic heterocycles. The molecule has 6 nitrogen and oxygen atoms in total. The van der Waals surface area contributed by atoms with E-state index in [1.54, 1.807) is 11.3 Å². The van der Waals surface area contributed by atoms with Crippen LogP contribution in [0.5, 0.6) is 0 Å². The summed E-state index contributed by atoms with van der Waals surface area (Å²) in [5.41, 5.74) is 5.66. The number of thiophene rings is 1. The Balaban J connectivity index is 1.43. The van der Waals surface area contributed by atoms with Gasteiger partial charge in [0.1, 0.15) is 0 Å². The van der Waals surface area contributed by atoms with Crippen LogP contribution >= 0.6 is 11.3 Å². The smallest absolute Gasteiger partial charge is 0.310 e. The average Bonchev–Trinajstić information content (AvgIpc) is 3.40. The van der Waals surface area contributed by atoms with Crippen molar-refractivity contribution < 1.29 is 14.3 Å². The minimum absolute atomic E-state index is 0.0213. The van der Waals surface area contributed by atoms with Gasteiger partial charge >= 0.3 is 5.97 Å². The van der Waals surface area contributed by atoms with Crippen molar-refractivity contribution in [3.8, 4) is 16.1 Å². The summed E-state index contributed by atoms with van der Waals surface area (Å²) in [5.74, 6) is -0.391. The van der Waals surface area contributed by atoms with Crippen molar-refractivity contribution in [1.82, 2.24) is 14.7 Å². The Hall–Kier alpha value is -2.93. The molecule has 3 aromatic rings. The molecule has 5 rings (SSSR count). The van der Waals surface area contributed by atoms with E-state index in [9.17, 15) is 9.59 Å². The fourth-order valence-corrected chi connectivity index (χ4v) is 6.14. The molecule has 0 bridgehead atoms.